The average molecular weight is 449 g/mol. The van der Waals surface area contributed by atoms with Crippen LogP contribution in [0.1, 0.15) is 31.5 Å². The number of amides is 3. The van der Waals surface area contributed by atoms with E-state index < -0.39 is 39.4 Å². The van der Waals surface area contributed by atoms with Crippen LogP contribution < -0.4 is 5.32 Å². The van der Waals surface area contributed by atoms with Gasteiger partial charge in [0.1, 0.15) is 11.8 Å². The smallest absolute Gasteiger partial charge is 0.262 e. The van der Waals surface area contributed by atoms with Gasteiger partial charge in [-0.3, -0.25) is 24.3 Å². The van der Waals surface area contributed by atoms with Crippen molar-refractivity contribution in [2.24, 2.45) is 0 Å². The van der Waals surface area contributed by atoms with Crippen LogP contribution in [0.4, 0.5) is 0 Å². The van der Waals surface area contributed by atoms with Crippen molar-refractivity contribution in [2.75, 3.05) is 13.1 Å². The standard InChI is InChI=1S/C23H19N3O5S/c27-21(15-26-22(28)18-10-4-5-11-19(18)23(26)29)25-14-20(16-7-6-12-24-13-16)32(30,31)17-8-2-1-3-9-17/h1-13,20H,14-15H2,(H,25,27). The maximum Gasteiger partial charge on any atom is 0.262 e. The van der Waals surface area contributed by atoms with Gasteiger partial charge in [0.15, 0.2) is 9.84 Å². The fraction of sp³-hybridized carbons (Fsp3) is 0.130. The number of carbonyl (C=O) groups excluding carboxylic acids is 3. The van der Waals surface area contributed by atoms with Crippen molar-refractivity contribution in [3.63, 3.8) is 0 Å². The van der Waals surface area contributed by atoms with Gasteiger partial charge < -0.3 is 5.32 Å². The number of hydrogen-bond acceptors (Lipinski definition) is 6. The molecule has 8 nitrogen and oxygen atoms in total. The molecule has 3 amide bonds. The van der Waals surface area contributed by atoms with Crippen molar-refractivity contribution in [3.8, 4) is 0 Å². The quantitative estimate of drug-likeness (QED) is 0.552. The van der Waals surface area contributed by atoms with Gasteiger partial charge in [0.05, 0.1) is 16.0 Å². The summed E-state index contributed by atoms with van der Waals surface area (Å²) in [4.78, 5) is 42.5. The van der Waals surface area contributed by atoms with Gasteiger partial charge in [-0.2, -0.15) is 0 Å². The lowest BCUT2D eigenvalue weighted by Crippen LogP contribution is -2.42. The molecule has 4 rings (SSSR count). The summed E-state index contributed by atoms with van der Waals surface area (Å²) in [5.74, 6) is -1.75. The minimum absolute atomic E-state index is 0.114. The molecule has 1 atom stereocenters. The molecule has 1 unspecified atom stereocenters. The molecular weight excluding hydrogens is 430 g/mol. The molecule has 3 aromatic rings. The summed E-state index contributed by atoms with van der Waals surface area (Å²) in [6.45, 7) is -0.748. The minimum atomic E-state index is -3.84. The number of fused-ring (bicyclic) bond motifs is 1. The first-order valence-electron chi connectivity index (χ1n) is 9.80. The molecule has 0 spiro atoms. The van der Waals surface area contributed by atoms with Crippen LogP contribution >= 0.6 is 0 Å². The molecule has 2 heterocycles. The van der Waals surface area contributed by atoms with Crippen LogP contribution in [0, 0.1) is 0 Å². The van der Waals surface area contributed by atoms with Gasteiger partial charge in [-0.15, -0.1) is 0 Å². The number of nitrogens with zero attached hydrogens (tertiary/aromatic N) is 2. The van der Waals surface area contributed by atoms with E-state index in [0.717, 1.165) is 4.90 Å². The Balaban J connectivity index is 1.51. The van der Waals surface area contributed by atoms with Crippen LogP contribution in [0.3, 0.4) is 0 Å². The van der Waals surface area contributed by atoms with Gasteiger partial charge in [0.25, 0.3) is 11.8 Å². The number of nitrogens with one attached hydrogen (secondary N) is 1. The highest BCUT2D eigenvalue weighted by atomic mass is 32.2. The molecule has 0 aliphatic carbocycles. The molecule has 162 valence electrons. The Labute approximate surface area is 184 Å². The molecule has 1 aliphatic heterocycles. The second kappa shape index (κ2) is 8.72. The van der Waals surface area contributed by atoms with Crippen molar-refractivity contribution in [1.82, 2.24) is 15.2 Å². The zero-order valence-corrected chi connectivity index (χ0v) is 17.7. The molecule has 0 radical (unpaired) electrons. The van der Waals surface area contributed by atoms with Crippen molar-refractivity contribution in [1.29, 1.82) is 0 Å². The number of imide groups is 1. The number of pyridine rings is 1. The van der Waals surface area contributed by atoms with Crippen molar-refractivity contribution in [3.05, 3.63) is 95.8 Å². The summed E-state index contributed by atoms with van der Waals surface area (Å²) < 4.78 is 26.5. The fourth-order valence-corrected chi connectivity index (χ4v) is 5.20. The van der Waals surface area contributed by atoms with E-state index in [2.05, 4.69) is 10.3 Å². The van der Waals surface area contributed by atoms with E-state index >= 15 is 0 Å². The summed E-state index contributed by atoms with van der Waals surface area (Å²) in [5.41, 5.74) is 0.896. The van der Waals surface area contributed by atoms with E-state index in [9.17, 15) is 22.8 Å². The lowest BCUT2D eigenvalue weighted by molar-refractivity contribution is -0.121. The molecular formula is C23H19N3O5S. The highest BCUT2D eigenvalue weighted by molar-refractivity contribution is 7.91. The number of benzene rings is 2. The molecule has 0 saturated heterocycles. The summed E-state index contributed by atoms with van der Waals surface area (Å²) in [5, 5.41) is 1.47. The third-order valence-electron chi connectivity index (χ3n) is 5.17. The molecule has 1 aliphatic rings. The fourth-order valence-electron chi connectivity index (χ4n) is 3.54. The summed E-state index contributed by atoms with van der Waals surface area (Å²) in [6.07, 6.45) is 2.96. The molecule has 32 heavy (non-hydrogen) atoms. The summed E-state index contributed by atoms with van der Waals surface area (Å²) >= 11 is 0. The average Bonchev–Trinajstić information content (AvgIpc) is 3.05. The van der Waals surface area contributed by atoms with Crippen LogP contribution in [-0.4, -0.2) is 49.1 Å². The predicted molar refractivity (Wildman–Crippen MR) is 115 cm³/mol. The van der Waals surface area contributed by atoms with Crippen molar-refractivity contribution < 1.29 is 22.8 Å². The predicted octanol–water partition coefficient (Wildman–Crippen LogP) is 2.01. The highest BCUT2D eigenvalue weighted by Gasteiger charge is 2.36. The molecule has 0 fully saturated rings. The number of aromatic nitrogens is 1. The minimum Gasteiger partial charge on any atom is -0.353 e. The Bertz CT molecular complexity index is 1240. The van der Waals surface area contributed by atoms with Gasteiger partial charge in [0.2, 0.25) is 5.91 Å². The van der Waals surface area contributed by atoms with E-state index in [-0.39, 0.29) is 22.6 Å². The molecule has 0 bridgehead atoms. The lowest BCUT2D eigenvalue weighted by atomic mass is 10.1. The molecule has 1 aromatic heterocycles. The normalized spacial score (nSPS) is 14.2. The number of hydrogen-bond donors (Lipinski definition) is 1. The molecule has 2 aromatic carbocycles. The Hall–Kier alpha value is -3.85. The number of rotatable bonds is 7. The third-order valence-corrected chi connectivity index (χ3v) is 7.28. The van der Waals surface area contributed by atoms with Crippen LogP contribution in [-0.2, 0) is 14.6 Å². The second-order valence-electron chi connectivity index (χ2n) is 7.18. The van der Waals surface area contributed by atoms with Crippen molar-refractivity contribution >= 4 is 27.6 Å². The maximum absolute atomic E-state index is 13.2. The summed E-state index contributed by atoms with van der Waals surface area (Å²) in [6, 6.07) is 17.5. The van der Waals surface area contributed by atoms with E-state index in [0.29, 0.717) is 5.56 Å². The van der Waals surface area contributed by atoms with E-state index in [1.165, 1.54) is 36.7 Å². The molecule has 9 heteroatoms. The van der Waals surface area contributed by atoms with E-state index in [1.54, 1.807) is 42.5 Å². The topological polar surface area (TPSA) is 114 Å². The van der Waals surface area contributed by atoms with Gasteiger partial charge >= 0.3 is 0 Å². The van der Waals surface area contributed by atoms with Crippen LogP contribution in [0.25, 0.3) is 0 Å². The Kier molecular flexibility index (Phi) is 5.83. The second-order valence-corrected chi connectivity index (χ2v) is 9.31. The Morgan fingerprint density at radius 3 is 2.12 bits per heavy atom. The largest absolute Gasteiger partial charge is 0.353 e. The zero-order chi connectivity index (χ0) is 22.7. The lowest BCUT2D eigenvalue weighted by Gasteiger charge is -2.20. The first-order valence-corrected chi connectivity index (χ1v) is 11.3. The highest BCUT2D eigenvalue weighted by Crippen LogP contribution is 2.28. The molecule has 0 saturated carbocycles. The van der Waals surface area contributed by atoms with E-state index in [4.69, 9.17) is 0 Å². The SMILES string of the molecule is O=C(CN1C(=O)c2ccccc2C1=O)NCC(c1cccnc1)S(=O)(=O)c1ccccc1. The van der Waals surface area contributed by atoms with Gasteiger partial charge in [-0.1, -0.05) is 36.4 Å². The third kappa shape index (κ3) is 4.02. The first-order chi connectivity index (χ1) is 15.4. The maximum atomic E-state index is 13.2. The Morgan fingerprint density at radius 1 is 0.906 bits per heavy atom. The number of sulfone groups is 1. The van der Waals surface area contributed by atoms with E-state index in [1.807, 2.05) is 0 Å². The number of carbonyl (C=O) groups is 3. The monoisotopic (exact) mass is 449 g/mol. The van der Waals surface area contributed by atoms with Crippen LogP contribution in [0.2, 0.25) is 0 Å². The summed E-state index contributed by atoms with van der Waals surface area (Å²) in [7, 11) is -3.84. The zero-order valence-electron chi connectivity index (χ0n) is 16.8. The van der Waals surface area contributed by atoms with Gasteiger partial charge in [-0.05, 0) is 35.9 Å². The van der Waals surface area contributed by atoms with Crippen LogP contribution in [0.5, 0.6) is 0 Å². The van der Waals surface area contributed by atoms with Crippen LogP contribution in [0.15, 0.2) is 84.0 Å². The van der Waals surface area contributed by atoms with Gasteiger partial charge in [0, 0.05) is 18.9 Å². The Morgan fingerprint density at radius 2 is 1.53 bits per heavy atom. The van der Waals surface area contributed by atoms with Crippen molar-refractivity contribution in [2.45, 2.75) is 10.1 Å². The first kappa shape index (κ1) is 21.4. The van der Waals surface area contributed by atoms with Gasteiger partial charge in [-0.25, -0.2) is 8.42 Å². The molecule has 1 N–H and O–H groups in total.